The van der Waals surface area contributed by atoms with Crippen molar-refractivity contribution in [3.8, 4) is 0 Å². The van der Waals surface area contributed by atoms with Crippen LogP contribution in [0.15, 0.2) is 32.1 Å². The molecule has 1 aromatic carbocycles. The number of sulfonamides is 1. The molecule has 3 N–H and O–H groups in total. The Balaban J connectivity index is 2.32. The van der Waals surface area contributed by atoms with Gasteiger partial charge in [0.05, 0.1) is 12.2 Å². The van der Waals surface area contributed by atoms with E-state index in [1.165, 1.54) is 6.20 Å². The zero-order chi connectivity index (χ0) is 15.8. The highest BCUT2D eigenvalue weighted by Gasteiger charge is 2.25. The van der Waals surface area contributed by atoms with E-state index in [1.54, 1.807) is 13.8 Å². The van der Waals surface area contributed by atoms with E-state index < -0.39 is 26.8 Å². The Morgan fingerprint density at radius 1 is 1.48 bits per heavy atom. The smallest absolute Gasteiger partial charge is 0.244 e. The molecule has 2 aromatic rings. The highest BCUT2D eigenvalue weighted by Crippen LogP contribution is 2.27. The molecule has 0 bridgehead atoms. The van der Waals surface area contributed by atoms with Crippen molar-refractivity contribution in [2.24, 2.45) is 0 Å². The highest BCUT2D eigenvalue weighted by atomic mass is 79.9. The Labute approximate surface area is 129 Å². The summed E-state index contributed by atoms with van der Waals surface area (Å²) >= 11 is 3.03. The molecule has 0 radical (unpaired) electrons. The molecule has 1 heterocycles. The molecule has 1 aromatic heterocycles. The van der Waals surface area contributed by atoms with Crippen LogP contribution in [0.25, 0.3) is 0 Å². The summed E-state index contributed by atoms with van der Waals surface area (Å²) in [5, 5.41) is 0. The van der Waals surface area contributed by atoms with E-state index in [0.29, 0.717) is 5.76 Å². The zero-order valence-electron chi connectivity index (χ0n) is 11.2. The van der Waals surface area contributed by atoms with Gasteiger partial charge in [-0.2, -0.15) is 4.72 Å². The number of anilines is 1. The second-order valence-corrected chi connectivity index (χ2v) is 6.99. The molecule has 1 atom stereocenters. The number of nitrogens with zero attached hydrogens (tertiary/aromatic N) is 1. The van der Waals surface area contributed by atoms with Crippen LogP contribution in [0.1, 0.15) is 24.6 Å². The van der Waals surface area contributed by atoms with Gasteiger partial charge in [0.2, 0.25) is 15.9 Å². The molecule has 0 fully saturated rings. The van der Waals surface area contributed by atoms with Crippen LogP contribution in [0.4, 0.5) is 10.1 Å². The number of nitrogen functional groups attached to an aromatic ring is 1. The lowest BCUT2D eigenvalue weighted by atomic mass is 10.3. The van der Waals surface area contributed by atoms with Crippen molar-refractivity contribution in [3.63, 3.8) is 0 Å². The van der Waals surface area contributed by atoms with Gasteiger partial charge < -0.3 is 10.2 Å². The Bertz CT molecular complexity index is 776. The lowest BCUT2D eigenvalue weighted by molar-refractivity contribution is 0.427. The molecule has 21 heavy (non-hydrogen) atoms. The van der Waals surface area contributed by atoms with E-state index in [9.17, 15) is 12.8 Å². The summed E-state index contributed by atoms with van der Waals surface area (Å²) in [6.45, 7) is 3.23. The summed E-state index contributed by atoms with van der Waals surface area (Å²) in [5.41, 5.74) is 5.72. The molecular formula is C12H13BrFN3O3S. The minimum Gasteiger partial charge on any atom is -0.444 e. The van der Waals surface area contributed by atoms with E-state index in [1.807, 2.05) is 0 Å². The second kappa shape index (κ2) is 5.74. The molecule has 9 heteroatoms. The number of hydrogen-bond donors (Lipinski definition) is 2. The van der Waals surface area contributed by atoms with Gasteiger partial charge in [-0.3, -0.25) is 0 Å². The van der Waals surface area contributed by atoms with Crippen molar-refractivity contribution < 1.29 is 17.2 Å². The normalized spacial score (nSPS) is 13.3. The maximum Gasteiger partial charge on any atom is 0.244 e. The monoisotopic (exact) mass is 377 g/mol. The molecule has 0 spiro atoms. The van der Waals surface area contributed by atoms with Gasteiger partial charge >= 0.3 is 0 Å². The quantitative estimate of drug-likeness (QED) is 0.797. The van der Waals surface area contributed by atoms with Gasteiger partial charge in [0.25, 0.3) is 0 Å². The molecular weight excluding hydrogens is 365 g/mol. The summed E-state index contributed by atoms with van der Waals surface area (Å²) < 4.78 is 46.1. The van der Waals surface area contributed by atoms with Crippen LogP contribution in [0.5, 0.6) is 0 Å². The number of benzene rings is 1. The second-order valence-electron chi connectivity index (χ2n) is 4.46. The molecule has 1 unspecified atom stereocenters. The van der Waals surface area contributed by atoms with Crippen molar-refractivity contribution in [3.05, 3.63) is 40.3 Å². The maximum absolute atomic E-state index is 13.8. The van der Waals surface area contributed by atoms with Crippen molar-refractivity contribution in [1.82, 2.24) is 9.71 Å². The average molecular weight is 378 g/mol. The van der Waals surface area contributed by atoms with Crippen molar-refractivity contribution >= 4 is 31.6 Å². The lowest BCUT2D eigenvalue weighted by Gasteiger charge is -2.12. The van der Waals surface area contributed by atoms with E-state index in [-0.39, 0.29) is 16.1 Å². The molecule has 0 saturated heterocycles. The standard InChI is InChI=1S/C12H13BrFN3O3S/c1-6-5-16-12(20-6)7(2)17-21(18,19)11-4-10(15)8(13)3-9(11)14/h3-5,7,17H,15H2,1-2H3. The fourth-order valence-electron chi connectivity index (χ4n) is 1.67. The van der Waals surface area contributed by atoms with Crippen LogP contribution in [-0.2, 0) is 10.0 Å². The first-order valence-corrected chi connectivity index (χ1v) is 8.17. The number of halogens is 2. The van der Waals surface area contributed by atoms with Gasteiger partial charge in [-0.15, -0.1) is 0 Å². The summed E-state index contributed by atoms with van der Waals surface area (Å²) in [6.07, 6.45) is 1.47. The van der Waals surface area contributed by atoms with E-state index in [4.69, 9.17) is 10.2 Å². The number of aromatic nitrogens is 1. The van der Waals surface area contributed by atoms with Gasteiger partial charge in [0.1, 0.15) is 16.5 Å². The van der Waals surface area contributed by atoms with Gasteiger partial charge in [-0.1, -0.05) is 0 Å². The van der Waals surface area contributed by atoms with E-state index in [0.717, 1.165) is 12.1 Å². The number of rotatable bonds is 4. The number of hydrogen-bond acceptors (Lipinski definition) is 5. The predicted molar refractivity (Wildman–Crippen MR) is 78.5 cm³/mol. The van der Waals surface area contributed by atoms with Crippen LogP contribution in [-0.4, -0.2) is 13.4 Å². The van der Waals surface area contributed by atoms with Gasteiger partial charge in [0.15, 0.2) is 0 Å². The Morgan fingerprint density at radius 3 is 2.71 bits per heavy atom. The highest BCUT2D eigenvalue weighted by molar-refractivity contribution is 9.10. The fraction of sp³-hybridized carbons (Fsp3) is 0.250. The predicted octanol–water partition coefficient (Wildman–Crippen LogP) is 2.51. The molecule has 0 amide bonds. The van der Waals surface area contributed by atoms with Crippen molar-refractivity contribution in [2.75, 3.05) is 5.73 Å². The third kappa shape index (κ3) is 3.42. The molecule has 0 saturated carbocycles. The Kier molecular flexibility index (Phi) is 4.35. The molecule has 2 rings (SSSR count). The Hall–Kier alpha value is -1.45. The first kappa shape index (κ1) is 15.9. The minimum atomic E-state index is -4.09. The average Bonchev–Trinajstić information content (AvgIpc) is 2.80. The fourth-order valence-corrected chi connectivity index (χ4v) is 3.28. The van der Waals surface area contributed by atoms with Crippen molar-refractivity contribution in [2.45, 2.75) is 24.8 Å². The number of nitrogens with one attached hydrogen (secondary N) is 1. The Morgan fingerprint density at radius 2 is 2.14 bits per heavy atom. The zero-order valence-corrected chi connectivity index (χ0v) is 13.6. The topological polar surface area (TPSA) is 98.2 Å². The minimum absolute atomic E-state index is 0.122. The summed E-state index contributed by atoms with van der Waals surface area (Å²) in [7, 11) is -4.09. The lowest BCUT2D eigenvalue weighted by Crippen LogP contribution is -2.28. The van der Waals surface area contributed by atoms with Crippen LogP contribution in [0.2, 0.25) is 0 Å². The number of aryl methyl sites for hydroxylation is 1. The number of nitrogens with two attached hydrogens (primary N) is 1. The van der Waals surface area contributed by atoms with Gasteiger partial charge in [0, 0.05) is 10.2 Å². The summed E-state index contributed by atoms with van der Waals surface area (Å²) in [6, 6.07) is 1.31. The van der Waals surface area contributed by atoms with Crippen molar-refractivity contribution in [1.29, 1.82) is 0 Å². The molecule has 0 aliphatic heterocycles. The molecule has 6 nitrogen and oxygen atoms in total. The molecule has 114 valence electrons. The summed E-state index contributed by atoms with van der Waals surface area (Å²) in [4.78, 5) is 3.40. The number of oxazole rings is 1. The summed E-state index contributed by atoms with van der Waals surface area (Å²) in [5.74, 6) is -0.156. The SMILES string of the molecule is Cc1cnc(C(C)NS(=O)(=O)c2cc(N)c(Br)cc2F)o1. The van der Waals surface area contributed by atoms with Gasteiger partial charge in [-0.25, -0.2) is 17.8 Å². The first-order valence-electron chi connectivity index (χ1n) is 5.90. The van der Waals surface area contributed by atoms with Crippen LogP contribution in [0, 0.1) is 12.7 Å². The van der Waals surface area contributed by atoms with E-state index in [2.05, 4.69) is 25.6 Å². The van der Waals surface area contributed by atoms with Crippen LogP contribution < -0.4 is 10.5 Å². The van der Waals surface area contributed by atoms with Gasteiger partial charge in [-0.05, 0) is 41.9 Å². The molecule has 0 aliphatic carbocycles. The third-order valence-corrected chi connectivity index (χ3v) is 4.92. The maximum atomic E-state index is 13.8. The van der Waals surface area contributed by atoms with Crippen LogP contribution in [0.3, 0.4) is 0 Å². The first-order chi connectivity index (χ1) is 9.70. The molecule has 0 aliphatic rings. The van der Waals surface area contributed by atoms with E-state index >= 15 is 0 Å². The third-order valence-electron chi connectivity index (χ3n) is 2.68. The van der Waals surface area contributed by atoms with Crippen LogP contribution >= 0.6 is 15.9 Å². The largest absolute Gasteiger partial charge is 0.444 e.